The number of nitrogens with one attached hydrogen (secondary N) is 2. The van der Waals surface area contributed by atoms with E-state index in [1.54, 1.807) is 11.3 Å². The highest BCUT2D eigenvalue weighted by Gasteiger charge is 2.24. The molecule has 0 fully saturated rings. The fourth-order valence-electron chi connectivity index (χ4n) is 3.33. The van der Waals surface area contributed by atoms with Crippen molar-refractivity contribution in [1.29, 1.82) is 0 Å². The number of carbonyl (C=O) groups excluding carboxylic acids is 1. The highest BCUT2D eigenvalue weighted by molar-refractivity contribution is 7.10. The Morgan fingerprint density at radius 1 is 1.24 bits per heavy atom. The minimum atomic E-state index is -0.216. The number of carbonyl (C=O) groups is 1. The van der Waals surface area contributed by atoms with Crippen molar-refractivity contribution in [1.82, 2.24) is 10.3 Å². The Hall–Kier alpha value is -2.07. The fraction of sp³-hybridized carbons (Fsp3) is 0.381. The first-order chi connectivity index (χ1) is 11.9. The van der Waals surface area contributed by atoms with Crippen LogP contribution in [0.5, 0.6) is 0 Å². The normalized spacial score (nSPS) is 13.1. The molecule has 2 heterocycles. The number of rotatable bonds is 5. The van der Waals surface area contributed by atoms with Crippen LogP contribution in [-0.2, 0) is 11.2 Å². The zero-order valence-corrected chi connectivity index (χ0v) is 16.2. The number of aromatic nitrogens is 1. The van der Waals surface area contributed by atoms with E-state index in [4.69, 9.17) is 0 Å². The van der Waals surface area contributed by atoms with Gasteiger partial charge in [-0.05, 0) is 49.8 Å². The number of aryl methyl sites for hydroxylation is 1. The second-order valence-electron chi connectivity index (χ2n) is 7.51. The molecule has 1 aromatic carbocycles. The largest absolute Gasteiger partial charge is 0.361 e. The third-order valence-corrected chi connectivity index (χ3v) is 5.37. The zero-order chi connectivity index (χ0) is 18.0. The lowest BCUT2D eigenvalue weighted by Gasteiger charge is -2.23. The molecule has 0 radical (unpaired) electrons. The summed E-state index contributed by atoms with van der Waals surface area (Å²) in [7, 11) is 0. The number of aromatic amines is 1. The van der Waals surface area contributed by atoms with Gasteiger partial charge in [0.25, 0.3) is 0 Å². The van der Waals surface area contributed by atoms with Crippen molar-refractivity contribution in [3.05, 3.63) is 57.9 Å². The van der Waals surface area contributed by atoms with Crippen molar-refractivity contribution in [3.8, 4) is 0 Å². The molecular formula is C21H26N2OS. The molecule has 0 saturated carbocycles. The van der Waals surface area contributed by atoms with Crippen molar-refractivity contribution in [2.24, 2.45) is 0 Å². The first-order valence-corrected chi connectivity index (χ1v) is 9.70. The van der Waals surface area contributed by atoms with Crippen LogP contribution in [0.1, 0.15) is 56.0 Å². The van der Waals surface area contributed by atoms with Gasteiger partial charge in [0.15, 0.2) is 0 Å². The van der Waals surface area contributed by atoms with E-state index in [0.29, 0.717) is 6.42 Å². The van der Waals surface area contributed by atoms with Gasteiger partial charge in [0.2, 0.25) is 5.91 Å². The van der Waals surface area contributed by atoms with Crippen LogP contribution in [0.2, 0.25) is 0 Å². The van der Waals surface area contributed by atoms with Crippen LogP contribution in [0.4, 0.5) is 0 Å². The molecule has 1 atom stereocenters. The Bertz CT molecular complexity index is 856. The topological polar surface area (TPSA) is 44.9 Å². The molecule has 1 unspecified atom stereocenters. The highest BCUT2D eigenvalue weighted by atomic mass is 32.1. The van der Waals surface area contributed by atoms with Crippen LogP contribution in [-0.4, -0.2) is 16.4 Å². The summed E-state index contributed by atoms with van der Waals surface area (Å²) >= 11 is 1.71. The molecule has 2 N–H and O–H groups in total. The lowest BCUT2D eigenvalue weighted by atomic mass is 9.92. The molecule has 3 nitrogen and oxygen atoms in total. The van der Waals surface area contributed by atoms with Gasteiger partial charge in [-0.2, -0.15) is 0 Å². The van der Waals surface area contributed by atoms with Gasteiger partial charge in [0.05, 0.1) is 0 Å². The maximum atomic E-state index is 12.6. The van der Waals surface area contributed by atoms with E-state index in [-0.39, 0.29) is 17.4 Å². The smallest absolute Gasteiger partial charge is 0.221 e. The highest BCUT2D eigenvalue weighted by Crippen LogP contribution is 2.36. The number of hydrogen-bond acceptors (Lipinski definition) is 2. The van der Waals surface area contributed by atoms with Gasteiger partial charge in [0, 0.05) is 39.9 Å². The summed E-state index contributed by atoms with van der Waals surface area (Å²) in [5.41, 5.74) is 3.49. The Kier molecular flexibility index (Phi) is 5.00. The van der Waals surface area contributed by atoms with Crippen LogP contribution in [0.15, 0.2) is 41.9 Å². The third-order valence-electron chi connectivity index (χ3n) is 4.38. The predicted octanol–water partition coefficient (Wildman–Crippen LogP) is 5.23. The Morgan fingerprint density at radius 2 is 2.04 bits per heavy atom. The van der Waals surface area contributed by atoms with Crippen LogP contribution in [0.3, 0.4) is 0 Å². The summed E-state index contributed by atoms with van der Waals surface area (Å²) in [6.45, 7) is 8.22. The summed E-state index contributed by atoms with van der Waals surface area (Å²) < 4.78 is 0. The molecule has 3 aromatic rings. The second kappa shape index (κ2) is 7.04. The van der Waals surface area contributed by atoms with Crippen molar-refractivity contribution >= 4 is 28.1 Å². The summed E-state index contributed by atoms with van der Waals surface area (Å²) in [4.78, 5) is 17.3. The monoisotopic (exact) mass is 354 g/mol. The van der Waals surface area contributed by atoms with E-state index in [0.717, 1.165) is 6.42 Å². The summed E-state index contributed by atoms with van der Waals surface area (Å²) in [6.07, 6.45) is 3.53. The zero-order valence-electron chi connectivity index (χ0n) is 15.3. The molecule has 0 aliphatic carbocycles. The van der Waals surface area contributed by atoms with Crippen molar-refractivity contribution in [2.75, 3.05) is 0 Å². The quantitative estimate of drug-likeness (QED) is 0.647. The molecule has 0 spiro atoms. The van der Waals surface area contributed by atoms with E-state index in [1.807, 2.05) is 20.8 Å². The van der Waals surface area contributed by atoms with Gasteiger partial charge >= 0.3 is 0 Å². The SMILES string of the molecule is CCc1cccc2c(C(CC(=O)NC(C)(C)C)c3cccs3)c[nH]c12. The van der Waals surface area contributed by atoms with Crippen LogP contribution in [0, 0.1) is 0 Å². The molecule has 0 aliphatic heterocycles. The maximum Gasteiger partial charge on any atom is 0.221 e. The van der Waals surface area contributed by atoms with Gasteiger partial charge in [-0.1, -0.05) is 31.2 Å². The van der Waals surface area contributed by atoms with E-state index in [2.05, 4.69) is 59.1 Å². The third kappa shape index (κ3) is 3.96. The van der Waals surface area contributed by atoms with E-state index >= 15 is 0 Å². The van der Waals surface area contributed by atoms with E-state index in [9.17, 15) is 4.79 Å². The number of benzene rings is 1. The van der Waals surface area contributed by atoms with Crippen molar-refractivity contribution in [3.63, 3.8) is 0 Å². The number of hydrogen-bond donors (Lipinski definition) is 2. The summed E-state index contributed by atoms with van der Waals surface area (Å²) in [6, 6.07) is 10.6. The molecule has 1 amide bonds. The van der Waals surface area contributed by atoms with Crippen molar-refractivity contribution in [2.45, 2.75) is 52.0 Å². The van der Waals surface area contributed by atoms with E-state index < -0.39 is 0 Å². The average Bonchev–Trinajstić information content (AvgIpc) is 3.20. The lowest BCUT2D eigenvalue weighted by Crippen LogP contribution is -2.41. The molecule has 4 heteroatoms. The number of para-hydroxylation sites is 1. The van der Waals surface area contributed by atoms with Gasteiger partial charge < -0.3 is 10.3 Å². The maximum absolute atomic E-state index is 12.6. The standard InChI is InChI=1S/C21H26N2OS/c1-5-14-8-6-9-15-17(13-22-20(14)15)16(18-10-7-11-25-18)12-19(24)23-21(2,3)4/h6-11,13,16,22H,5,12H2,1-4H3,(H,23,24). The average molecular weight is 355 g/mol. The van der Waals surface area contributed by atoms with Crippen LogP contribution < -0.4 is 5.32 Å². The molecule has 25 heavy (non-hydrogen) atoms. The van der Waals surface area contributed by atoms with Crippen LogP contribution in [0.25, 0.3) is 10.9 Å². The summed E-state index contributed by atoms with van der Waals surface area (Å²) in [5.74, 6) is 0.162. The second-order valence-corrected chi connectivity index (χ2v) is 8.49. The minimum Gasteiger partial charge on any atom is -0.361 e. The number of thiophene rings is 1. The molecule has 2 aromatic heterocycles. The molecule has 132 valence electrons. The molecular weight excluding hydrogens is 328 g/mol. The molecule has 0 aliphatic rings. The number of fused-ring (bicyclic) bond motifs is 1. The first-order valence-electron chi connectivity index (χ1n) is 8.82. The molecule has 0 bridgehead atoms. The van der Waals surface area contributed by atoms with Gasteiger partial charge in [-0.3, -0.25) is 4.79 Å². The number of amides is 1. The minimum absolute atomic E-state index is 0.0724. The first kappa shape index (κ1) is 17.7. The Morgan fingerprint density at radius 3 is 2.68 bits per heavy atom. The lowest BCUT2D eigenvalue weighted by molar-refractivity contribution is -0.122. The Labute approximate surface area is 153 Å². The molecule has 0 saturated heterocycles. The molecule has 3 rings (SSSR count). The summed E-state index contributed by atoms with van der Waals surface area (Å²) in [5, 5.41) is 6.40. The van der Waals surface area contributed by atoms with Gasteiger partial charge in [-0.25, -0.2) is 0 Å². The van der Waals surface area contributed by atoms with E-state index in [1.165, 1.54) is 26.9 Å². The number of H-pyrrole nitrogens is 1. The predicted molar refractivity (Wildman–Crippen MR) is 106 cm³/mol. The van der Waals surface area contributed by atoms with Gasteiger partial charge in [0.1, 0.15) is 0 Å². The fourth-order valence-corrected chi connectivity index (χ4v) is 4.18. The van der Waals surface area contributed by atoms with Crippen molar-refractivity contribution < 1.29 is 4.79 Å². The Balaban J connectivity index is 2.00. The van der Waals surface area contributed by atoms with Crippen LogP contribution >= 0.6 is 11.3 Å². The van der Waals surface area contributed by atoms with Gasteiger partial charge in [-0.15, -0.1) is 11.3 Å².